The number of benzene rings is 1. The van der Waals surface area contributed by atoms with Crippen molar-refractivity contribution in [2.24, 2.45) is 0 Å². The molecular weight excluding hydrogens is 304 g/mol. The number of fused-ring (bicyclic) bond motifs is 1. The van der Waals surface area contributed by atoms with E-state index in [0.717, 1.165) is 0 Å². The van der Waals surface area contributed by atoms with Crippen molar-refractivity contribution in [1.82, 2.24) is 5.16 Å². The zero-order chi connectivity index (χ0) is 16.2. The van der Waals surface area contributed by atoms with E-state index in [1.165, 1.54) is 6.07 Å². The fourth-order valence-corrected chi connectivity index (χ4v) is 1.98. The van der Waals surface area contributed by atoms with Gasteiger partial charge in [0, 0.05) is 17.8 Å². The van der Waals surface area contributed by atoms with Crippen LogP contribution >= 0.6 is 0 Å². The van der Waals surface area contributed by atoms with Crippen LogP contribution in [0.1, 0.15) is 16.2 Å². The molecule has 0 saturated heterocycles. The summed E-state index contributed by atoms with van der Waals surface area (Å²) < 4.78 is 20.4. The third-order valence-corrected chi connectivity index (χ3v) is 2.99. The van der Waals surface area contributed by atoms with Crippen molar-refractivity contribution >= 4 is 17.6 Å². The first kappa shape index (κ1) is 14.9. The second-order valence-electron chi connectivity index (χ2n) is 4.82. The first-order valence-electron chi connectivity index (χ1n) is 6.92. The summed E-state index contributed by atoms with van der Waals surface area (Å²) in [7, 11) is 0. The fourth-order valence-electron chi connectivity index (χ4n) is 1.98. The Balaban J connectivity index is 1.54. The molecule has 1 amide bonds. The van der Waals surface area contributed by atoms with Gasteiger partial charge in [-0.15, -0.1) is 0 Å². The molecule has 0 aliphatic carbocycles. The van der Waals surface area contributed by atoms with E-state index in [4.69, 9.17) is 18.7 Å². The van der Waals surface area contributed by atoms with Crippen LogP contribution in [0.2, 0.25) is 0 Å². The maximum absolute atomic E-state index is 11.8. The number of amides is 1. The Morgan fingerprint density at radius 1 is 1.22 bits per heavy atom. The summed E-state index contributed by atoms with van der Waals surface area (Å²) in [6.45, 7) is 2.19. The van der Waals surface area contributed by atoms with Gasteiger partial charge in [0.05, 0.1) is 5.69 Å². The molecule has 0 saturated carbocycles. The van der Waals surface area contributed by atoms with Gasteiger partial charge in [-0.05, 0) is 19.1 Å². The molecule has 0 radical (unpaired) electrons. The lowest BCUT2D eigenvalue weighted by atomic mass is 10.2. The van der Waals surface area contributed by atoms with Gasteiger partial charge in [-0.2, -0.15) is 0 Å². The quantitative estimate of drug-likeness (QED) is 0.854. The van der Waals surface area contributed by atoms with Crippen molar-refractivity contribution in [3.8, 4) is 11.5 Å². The van der Waals surface area contributed by atoms with E-state index in [2.05, 4.69) is 10.5 Å². The lowest BCUT2D eigenvalue weighted by Crippen LogP contribution is -2.21. The van der Waals surface area contributed by atoms with Crippen LogP contribution in [-0.4, -0.2) is 36.9 Å². The molecule has 1 aliphatic rings. The highest BCUT2D eigenvalue weighted by Gasteiger charge is 2.16. The summed E-state index contributed by atoms with van der Waals surface area (Å²) in [6, 6.07) is 6.45. The third-order valence-electron chi connectivity index (χ3n) is 2.99. The van der Waals surface area contributed by atoms with Gasteiger partial charge in [-0.3, -0.25) is 4.79 Å². The van der Waals surface area contributed by atoms with Crippen LogP contribution in [0.25, 0.3) is 0 Å². The van der Waals surface area contributed by atoms with E-state index in [9.17, 15) is 9.59 Å². The van der Waals surface area contributed by atoms with Crippen molar-refractivity contribution in [3.05, 3.63) is 35.7 Å². The normalized spacial score (nSPS) is 12.6. The zero-order valence-corrected chi connectivity index (χ0v) is 12.3. The van der Waals surface area contributed by atoms with Gasteiger partial charge < -0.3 is 24.1 Å². The first-order chi connectivity index (χ1) is 11.1. The number of hydrogen-bond acceptors (Lipinski definition) is 7. The Hall–Kier alpha value is -3.03. The van der Waals surface area contributed by atoms with Crippen LogP contribution in [0, 0.1) is 6.92 Å². The van der Waals surface area contributed by atoms with Crippen molar-refractivity contribution in [3.63, 3.8) is 0 Å². The molecule has 1 aromatic carbocycles. The predicted molar refractivity (Wildman–Crippen MR) is 77.6 cm³/mol. The minimum atomic E-state index is -0.747. The number of aryl methyl sites for hydroxylation is 1. The number of ether oxygens (including phenoxy) is 3. The second-order valence-corrected chi connectivity index (χ2v) is 4.82. The highest BCUT2D eigenvalue weighted by molar-refractivity contribution is 5.94. The Kier molecular flexibility index (Phi) is 4.13. The van der Waals surface area contributed by atoms with Gasteiger partial charge in [0.1, 0.15) is 13.2 Å². The molecule has 1 N–H and O–H groups in total. The van der Waals surface area contributed by atoms with Crippen LogP contribution in [0.5, 0.6) is 11.5 Å². The smallest absolute Gasteiger partial charge is 0.377 e. The Bertz CT molecular complexity index is 739. The molecule has 23 heavy (non-hydrogen) atoms. The van der Waals surface area contributed by atoms with Crippen molar-refractivity contribution in [2.45, 2.75) is 6.92 Å². The van der Waals surface area contributed by atoms with E-state index in [1.54, 1.807) is 25.1 Å². The van der Waals surface area contributed by atoms with Crippen LogP contribution in [0.4, 0.5) is 5.69 Å². The van der Waals surface area contributed by atoms with E-state index >= 15 is 0 Å². The van der Waals surface area contributed by atoms with Crippen LogP contribution in [-0.2, 0) is 9.53 Å². The molecule has 1 aliphatic heterocycles. The van der Waals surface area contributed by atoms with E-state index < -0.39 is 18.5 Å². The molecule has 0 unspecified atom stereocenters. The molecule has 2 heterocycles. The topological polar surface area (TPSA) is 99.9 Å². The summed E-state index contributed by atoms with van der Waals surface area (Å²) >= 11 is 0. The largest absolute Gasteiger partial charge is 0.486 e. The molecule has 0 bridgehead atoms. The van der Waals surface area contributed by atoms with Gasteiger partial charge in [0.2, 0.25) is 5.76 Å². The lowest BCUT2D eigenvalue weighted by molar-refractivity contribution is -0.119. The summed E-state index contributed by atoms with van der Waals surface area (Å²) in [5, 5.41) is 6.18. The molecule has 0 atom stereocenters. The Morgan fingerprint density at radius 2 is 2.00 bits per heavy atom. The van der Waals surface area contributed by atoms with Gasteiger partial charge in [0.15, 0.2) is 18.1 Å². The number of anilines is 1. The maximum atomic E-state index is 11.8. The highest BCUT2D eigenvalue weighted by atomic mass is 16.6. The molecular formula is C15H14N2O6. The van der Waals surface area contributed by atoms with Crippen molar-refractivity contribution < 1.29 is 28.3 Å². The second kappa shape index (κ2) is 6.39. The number of carbonyl (C=O) groups is 2. The van der Waals surface area contributed by atoms with E-state index in [1.807, 2.05) is 0 Å². The average Bonchev–Trinajstić information content (AvgIpc) is 2.99. The number of nitrogens with one attached hydrogen (secondary N) is 1. The number of rotatable bonds is 4. The van der Waals surface area contributed by atoms with Gasteiger partial charge >= 0.3 is 5.97 Å². The summed E-state index contributed by atoms with van der Waals surface area (Å²) in [5.41, 5.74) is 1.07. The number of esters is 1. The minimum absolute atomic E-state index is 0.0466. The average molecular weight is 318 g/mol. The van der Waals surface area contributed by atoms with E-state index in [0.29, 0.717) is 36.1 Å². The number of nitrogens with zero attached hydrogens (tertiary/aromatic N) is 1. The molecule has 3 rings (SSSR count). The summed E-state index contributed by atoms with van der Waals surface area (Å²) in [4.78, 5) is 23.4. The summed E-state index contributed by atoms with van der Waals surface area (Å²) in [5.74, 6) is -0.0895. The molecule has 0 fully saturated rings. The zero-order valence-electron chi connectivity index (χ0n) is 12.3. The molecule has 0 spiro atoms. The predicted octanol–water partition coefficient (Wildman–Crippen LogP) is 1.55. The highest BCUT2D eigenvalue weighted by Crippen LogP contribution is 2.32. The van der Waals surface area contributed by atoms with Gasteiger partial charge in [-0.25, -0.2) is 4.79 Å². The Morgan fingerprint density at radius 3 is 2.74 bits per heavy atom. The summed E-state index contributed by atoms with van der Waals surface area (Å²) in [6.07, 6.45) is 0. The lowest BCUT2D eigenvalue weighted by Gasteiger charge is -2.18. The van der Waals surface area contributed by atoms with Crippen LogP contribution < -0.4 is 14.8 Å². The molecule has 8 heteroatoms. The number of hydrogen-bond donors (Lipinski definition) is 1. The number of carbonyl (C=O) groups excluding carboxylic acids is 2. The third kappa shape index (κ3) is 3.60. The number of aromatic nitrogens is 1. The molecule has 8 nitrogen and oxygen atoms in total. The molecule has 120 valence electrons. The molecule has 1 aromatic heterocycles. The Labute approximate surface area is 131 Å². The van der Waals surface area contributed by atoms with Gasteiger partial charge in [0.25, 0.3) is 5.91 Å². The fraction of sp³-hybridized carbons (Fsp3) is 0.267. The van der Waals surface area contributed by atoms with Crippen molar-refractivity contribution in [1.29, 1.82) is 0 Å². The van der Waals surface area contributed by atoms with Gasteiger partial charge in [-0.1, -0.05) is 5.16 Å². The minimum Gasteiger partial charge on any atom is -0.486 e. The van der Waals surface area contributed by atoms with Crippen molar-refractivity contribution in [2.75, 3.05) is 25.1 Å². The van der Waals surface area contributed by atoms with Crippen LogP contribution in [0.3, 0.4) is 0 Å². The van der Waals surface area contributed by atoms with E-state index in [-0.39, 0.29) is 5.76 Å². The maximum Gasteiger partial charge on any atom is 0.377 e. The first-order valence-corrected chi connectivity index (χ1v) is 6.92. The van der Waals surface area contributed by atoms with Crippen LogP contribution in [0.15, 0.2) is 28.8 Å². The SMILES string of the molecule is Cc1cc(C(=O)OCC(=O)Nc2ccc3c(c2)OCCO3)on1. The standard InChI is InChI=1S/C15H14N2O6/c1-9-6-13(23-17-9)15(19)22-8-14(18)16-10-2-3-11-12(7-10)21-5-4-20-11/h2-3,6-7H,4-5,8H2,1H3,(H,16,18). The monoisotopic (exact) mass is 318 g/mol. The molecule has 2 aromatic rings.